The fourth-order valence-electron chi connectivity index (χ4n) is 3.35. The fraction of sp³-hybridized carbons (Fsp3) is 0.125. The number of benzene rings is 3. The zero-order valence-corrected chi connectivity index (χ0v) is 17.9. The molecule has 0 atom stereocenters. The van der Waals surface area contributed by atoms with Crippen molar-refractivity contribution in [1.82, 2.24) is 10.2 Å². The Labute approximate surface area is 184 Å². The van der Waals surface area contributed by atoms with E-state index in [-0.39, 0.29) is 11.2 Å². The molecular weight excluding hydrogens is 408 g/mol. The van der Waals surface area contributed by atoms with Crippen LogP contribution in [0.5, 0.6) is 17.2 Å². The molecule has 8 heteroatoms. The molecule has 1 aromatic heterocycles. The highest BCUT2D eigenvalue weighted by Crippen LogP contribution is 2.36. The monoisotopic (exact) mass is 430 g/mol. The summed E-state index contributed by atoms with van der Waals surface area (Å²) in [5.41, 5.74) is 3.50. The number of aromatic amines is 2. The smallest absolute Gasteiger partial charge is 0.292 e. The van der Waals surface area contributed by atoms with E-state index in [4.69, 9.17) is 14.2 Å². The van der Waals surface area contributed by atoms with E-state index in [2.05, 4.69) is 20.4 Å². The number of methoxy groups -OCH3 is 3. The van der Waals surface area contributed by atoms with Crippen molar-refractivity contribution >= 4 is 11.4 Å². The maximum Gasteiger partial charge on any atom is 0.292 e. The van der Waals surface area contributed by atoms with Crippen LogP contribution in [0.25, 0.3) is 22.4 Å². The van der Waals surface area contributed by atoms with Gasteiger partial charge in [-0.25, -0.2) is 0 Å². The first-order valence-corrected chi connectivity index (χ1v) is 9.83. The first-order valence-electron chi connectivity index (χ1n) is 9.83. The van der Waals surface area contributed by atoms with E-state index in [9.17, 15) is 4.79 Å². The molecule has 0 radical (unpaired) electrons. The lowest BCUT2D eigenvalue weighted by atomic mass is 10.0. The van der Waals surface area contributed by atoms with Gasteiger partial charge >= 0.3 is 0 Å². The molecule has 1 heterocycles. The number of hydrogen-bond acceptors (Lipinski definition) is 6. The summed E-state index contributed by atoms with van der Waals surface area (Å²) >= 11 is 0. The summed E-state index contributed by atoms with van der Waals surface area (Å²) in [4.78, 5) is 12.4. The highest BCUT2D eigenvalue weighted by Gasteiger charge is 2.15. The second-order valence-corrected chi connectivity index (χ2v) is 6.82. The van der Waals surface area contributed by atoms with E-state index in [1.165, 1.54) is 0 Å². The van der Waals surface area contributed by atoms with Crippen molar-refractivity contribution in [2.24, 2.45) is 10.2 Å². The molecule has 4 rings (SSSR count). The van der Waals surface area contributed by atoms with Gasteiger partial charge in [-0.05, 0) is 35.9 Å². The van der Waals surface area contributed by atoms with Crippen molar-refractivity contribution in [2.45, 2.75) is 0 Å². The van der Waals surface area contributed by atoms with Gasteiger partial charge in [0.25, 0.3) is 5.56 Å². The van der Waals surface area contributed by atoms with Crippen LogP contribution in [-0.2, 0) is 0 Å². The molecule has 0 saturated carbocycles. The summed E-state index contributed by atoms with van der Waals surface area (Å²) in [5, 5.41) is 13.9. The number of hydrogen-bond donors (Lipinski definition) is 2. The quantitative estimate of drug-likeness (QED) is 0.379. The average molecular weight is 430 g/mol. The van der Waals surface area contributed by atoms with Gasteiger partial charge < -0.3 is 14.2 Å². The predicted octanol–water partition coefficient (Wildman–Crippen LogP) is 5.48. The third kappa shape index (κ3) is 4.11. The fourth-order valence-corrected chi connectivity index (χ4v) is 3.35. The Hall–Kier alpha value is -4.33. The SMILES string of the molecule is COc1ccc(-c2[nH][nH]c(=O)c2N=Nc2ccc(-c3ccccc3)c(OC)c2)cc1OC. The third-order valence-corrected chi connectivity index (χ3v) is 4.96. The van der Waals surface area contributed by atoms with Gasteiger partial charge in [0, 0.05) is 17.2 Å². The Morgan fingerprint density at radius 3 is 2.16 bits per heavy atom. The number of nitrogens with one attached hydrogen (secondary N) is 2. The van der Waals surface area contributed by atoms with Gasteiger partial charge in [0.2, 0.25) is 0 Å². The molecule has 0 unspecified atom stereocenters. The van der Waals surface area contributed by atoms with E-state index in [1.807, 2.05) is 42.5 Å². The standard InChI is InChI=1S/C24H22N4O4/c1-30-19-12-9-16(13-21(19)32-3)22-23(24(29)28-26-22)27-25-17-10-11-18(20(14-17)31-2)15-7-5-4-6-8-15/h4-14H,1-3H3,(H2,26,28,29). The zero-order chi connectivity index (χ0) is 22.5. The second kappa shape index (κ2) is 9.22. The number of H-pyrrole nitrogens is 2. The van der Waals surface area contributed by atoms with Crippen LogP contribution in [0.3, 0.4) is 0 Å². The van der Waals surface area contributed by atoms with Crippen LogP contribution in [0.2, 0.25) is 0 Å². The normalized spacial score (nSPS) is 11.0. The van der Waals surface area contributed by atoms with Crippen LogP contribution in [-0.4, -0.2) is 31.5 Å². The summed E-state index contributed by atoms with van der Waals surface area (Å²) in [5.74, 6) is 1.79. The van der Waals surface area contributed by atoms with Gasteiger partial charge in [-0.3, -0.25) is 15.0 Å². The first kappa shape index (κ1) is 20.9. The van der Waals surface area contributed by atoms with Crippen LogP contribution in [0.15, 0.2) is 81.8 Å². The summed E-state index contributed by atoms with van der Waals surface area (Å²) in [6.45, 7) is 0. The van der Waals surface area contributed by atoms with E-state index in [0.29, 0.717) is 34.2 Å². The van der Waals surface area contributed by atoms with Crippen molar-refractivity contribution in [2.75, 3.05) is 21.3 Å². The van der Waals surface area contributed by atoms with Gasteiger partial charge in [-0.15, -0.1) is 5.11 Å². The molecule has 2 N–H and O–H groups in total. The van der Waals surface area contributed by atoms with Crippen molar-refractivity contribution in [3.8, 4) is 39.6 Å². The van der Waals surface area contributed by atoms with Crippen LogP contribution >= 0.6 is 0 Å². The summed E-state index contributed by atoms with van der Waals surface area (Å²) in [6.07, 6.45) is 0. The Bertz CT molecular complexity index is 1310. The number of azo groups is 1. The molecule has 0 fully saturated rings. The van der Waals surface area contributed by atoms with Gasteiger partial charge in [-0.1, -0.05) is 30.3 Å². The maximum absolute atomic E-state index is 12.4. The molecule has 0 aliphatic heterocycles. The number of rotatable bonds is 7. The zero-order valence-electron chi connectivity index (χ0n) is 17.9. The Morgan fingerprint density at radius 1 is 0.688 bits per heavy atom. The van der Waals surface area contributed by atoms with E-state index < -0.39 is 0 Å². The number of aromatic nitrogens is 2. The molecular formula is C24H22N4O4. The molecule has 4 aromatic rings. The second-order valence-electron chi connectivity index (χ2n) is 6.82. The van der Waals surface area contributed by atoms with E-state index in [1.54, 1.807) is 45.6 Å². The van der Waals surface area contributed by atoms with Crippen LogP contribution in [0.4, 0.5) is 11.4 Å². The lowest BCUT2D eigenvalue weighted by Crippen LogP contribution is -1.96. The van der Waals surface area contributed by atoms with Crippen molar-refractivity contribution in [3.05, 3.63) is 77.1 Å². The van der Waals surface area contributed by atoms with Crippen molar-refractivity contribution in [3.63, 3.8) is 0 Å². The van der Waals surface area contributed by atoms with Gasteiger partial charge in [0.05, 0.1) is 32.7 Å². The van der Waals surface area contributed by atoms with Crippen LogP contribution < -0.4 is 19.8 Å². The van der Waals surface area contributed by atoms with Gasteiger partial charge in [0.1, 0.15) is 5.75 Å². The molecule has 0 aliphatic rings. The lowest BCUT2D eigenvalue weighted by Gasteiger charge is -2.09. The topological polar surface area (TPSA) is 101 Å². The molecule has 3 aromatic carbocycles. The van der Waals surface area contributed by atoms with Gasteiger partial charge in [-0.2, -0.15) is 5.11 Å². The van der Waals surface area contributed by atoms with E-state index >= 15 is 0 Å². The highest BCUT2D eigenvalue weighted by atomic mass is 16.5. The Kier molecular flexibility index (Phi) is 6.03. The van der Waals surface area contributed by atoms with E-state index in [0.717, 1.165) is 11.1 Å². The minimum atomic E-state index is -0.383. The minimum Gasteiger partial charge on any atom is -0.496 e. The third-order valence-electron chi connectivity index (χ3n) is 4.96. The lowest BCUT2D eigenvalue weighted by molar-refractivity contribution is 0.355. The molecule has 0 saturated heterocycles. The maximum atomic E-state index is 12.4. The number of ether oxygens (including phenoxy) is 3. The molecule has 32 heavy (non-hydrogen) atoms. The first-order chi connectivity index (χ1) is 15.6. The number of nitrogens with zero attached hydrogens (tertiary/aromatic N) is 2. The molecule has 162 valence electrons. The largest absolute Gasteiger partial charge is 0.496 e. The summed E-state index contributed by atoms with van der Waals surface area (Å²) in [7, 11) is 4.72. The molecule has 0 aliphatic carbocycles. The molecule has 0 amide bonds. The van der Waals surface area contributed by atoms with Crippen molar-refractivity contribution < 1.29 is 14.2 Å². The van der Waals surface area contributed by atoms with Crippen molar-refractivity contribution in [1.29, 1.82) is 0 Å². The molecule has 8 nitrogen and oxygen atoms in total. The Balaban J connectivity index is 1.68. The predicted molar refractivity (Wildman–Crippen MR) is 123 cm³/mol. The average Bonchev–Trinajstić information content (AvgIpc) is 3.22. The Morgan fingerprint density at radius 2 is 1.44 bits per heavy atom. The molecule has 0 spiro atoms. The molecule has 0 bridgehead atoms. The van der Waals surface area contributed by atoms with Crippen LogP contribution in [0, 0.1) is 0 Å². The minimum absolute atomic E-state index is 0.156. The van der Waals surface area contributed by atoms with Gasteiger partial charge in [0.15, 0.2) is 17.2 Å². The van der Waals surface area contributed by atoms with Crippen LogP contribution in [0.1, 0.15) is 0 Å². The summed E-state index contributed by atoms with van der Waals surface area (Å²) in [6, 6.07) is 20.8. The summed E-state index contributed by atoms with van der Waals surface area (Å²) < 4.78 is 16.2. The highest BCUT2D eigenvalue weighted by molar-refractivity contribution is 5.74.